The van der Waals surface area contributed by atoms with Crippen LogP contribution in [0.5, 0.6) is 0 Å². The summed E-state index contributed by atoms with van der Waals surface area (Å²) in [4.78, 5) is 19.4. The van der Waals surface area contributed by atoms with Gasteiger partial charge in [-0.1, -0.05) is 12.1 Å². The number of morpholine rings is 1. The molecule has 1 aromatic carbocycles. The Morgan fingerprint density at radius 1 is 1.00 bits per heavy atom. The molecule has 0 saturated carbocycles. The van der Waals surface area contributed by atoms with E-state index in [9.17, 15) is 0 Å². The number of ether oxygens (including phenoxy) is 1. The van der Waals surface area contributed by atoms with Gasteiger partial charge in [0.1, 0.15) is 0 Å². The molecule has 144 valence electrons. The number of hydrogen-bond acceptors (Lipinski definition) is 9. The Hall–Kier alpha value is -2.94. The van der Waals surface area contributed by atoms with Crippen LogP contribution in [-0.2, 0) is 4.74 Å². The Balaban J connectivity index is 1.73. The van der Waals surface area contributed by atoms with Crippen LogP contribution in [0.15, 0.2) is 29.4 Å². The van der Waals surface area contributed by atoms with E-state index in [1.807, 2.05) is 57.4 Å². The second kappa shape index (κ2) is 8.63. The number of hydrazone groups is 1. The number of anilines is 4. The van der Waals surface area contributed by atoms with Gasteiger partial charge in [0.25, 0.3) is 0 Å². The van der Waals surface area contributed by atoms with Crippen molar-refractivity contribution in [2.45, 2.75) is 0 Å². The molecule has 1 aliphatic rings. The molecule has 0 bridgehead atoms. The normalized spacial score (nSPS) is 14.4. The van der Waals surface area contributed by atoms with Crippen molar-refractivity contribution in [3.05, 3.63) is 29.8 Å². The van der Waals surface area contributed by atoms with Crippen molar-refractivity contribution in [2.75, 3.05) is 74.6 Å². The maximum absolute atomic E-state index is 5.40. The second-order valence-corrected chi connectivity index (χ2v) is 6.61. The van der Waals surface area contributed by atoms with Gasteiger partial charge < -0.3 is 19.4 Å². The molecule has 0 unspecified atom stereocenters. The molecule has 27 heavy (non-hydrogen) atoms. The molecule has 0 atom stereocenters. The van der Waals surface area contributed by atoms with Gasteiger partial charge in [-0.25, -0.2) is 5.43 Å². The third kappa shape index (κ3) is 5.04. The van der Waals surface area contributed by atoms with Crippen molar-refractivity contribution in [3.8, 4) is 0 Å². The van der Waals surface area contributed by atoms with Gasteiger partial charge in [-0.3, -0.25) is 0 Å². The first-order valence-corrected chi connectivity index (χ1v) is 8.85. The van der Waals surface area contributed by atoms with Crippen LogP contribution in [0.1, 0.15) is 5.56 Å². The van der Waals surface area contributed by atoms with Crippen LogP contribution in [-0.4, -0.2) is 75.7 Å². The predicted octanol–water partition coefficient (Wildman–Crippen LogP) is 1.29. The molecule has 1 aliphatic heterocycles. The molecule has 9 nitrogen and oxygen atoms in total. The molecule has 9 heteroatoms. The minimum Gasteiger partial charge on any atom is -0.378 e. The van der Waals surface area contributed by atoms with Crippen LogP contribution in [0, 0.1) is 0 Å². The van der Waals surface area contributed by atoms with E-state index in [1.54, 1.807) is 6.21 Å². The Bertz CT molecular complexity index is 769. The summed E-state index contributed by atoms with van der Waals surface area (Å²) in [6, 6.07) is 8.12. The monoisotopic (exact) mass is 370 g/mol. The molecule has 1 saturated heterocycles. The first-order valence-electron chi connectivity index (χ1n) is 8.85. The zero-order valence-electron chi connectivity index (χ0n) is 16.3. The highest BCUT2D eigenvalue weighted by Crippen LogP contribution is 2.16. The lowest BCUT2D eigenvalue weighted by atomic mass is 10.2. The van der Waals surface area contributed by atoms with Crippen molar-refractivity contribution in [1.29, 1.82) is 0 Å². The second-order valence-electron chi connectivity index (χ2n) is 6.61. The Labute approximate surface area is 159 Å². The standard InChI is InChI=1S/C18H26N8O/c1-24(2)15-7-5-14(6-8-15)13-19-23-16-20-17(25(3)4)22-18(21-16)26-9-11-27-12-10-26/h5-8,13H,9-12H2,1-4H3,(H,20,21,22,23)/b19-13-. The molecule has 0 amide bonds. The Morgan fingerprint density at radius 2 is 1.70 bits per heavy atom. The fraction of sp³-hybridized carbons (Fsp3) is 0.444. The summed E-state index contributed by atoms with van der Waals surface area (Å²) in [5.41, 5.74) is 5.05. The van der Waals surface area contributed by atoms with Gasteiger partial charge in [0.05, 0.1) is 19.4 Å². The summed E-state index contributed by atoms with van der Waals surface area (Å²) in [5.74, 6) is 1.63. The molecular formula is C18H26N8O. The van der Waals surface area contributed by atoms with Gasteiger partial charge in [0.2, 0.25) is 17.8 Å². The quantitative estimate of drug-likeness (QED) is 0.602. The molecule has 0 radical (unpaired) electrons. The van der Waals surface area contributed by atoms with E-state index < -0.39 is 0 Å². The Morgan fingerprint density at radius 3 is 2.33 bits per heavy atom. The maximum Gasteiger partial charge on any atom is 0.250 e. The minimum atomic E-state index is 0.413. The smallest absolute Gasteiger partial charge is 0.250 e. The van der Waals surface area contributed by atoms with Crippen molar-refractivity contribution in [1.82, 2.24) is 15.0 Å². The molecule has 2 aromatic rings. The molecule has 1 aromatic heterocycles. The summed E-state index contributed by atoms with van der Waals surface area (Å²) in [5, 5.41) is 4.27. The highest BCUT2D eigenvalue weighted by Gasteiger charge is 2.17. The molecule has 0 spiro atoms. The average molecular weight is 370 g/mol. The summed E-state index contributed by atoms with van der Waals surface area (Å²) < 4.78 is 5.40. The first kappa shape index (κ1) is 18.8. The largest absolute Gasteiger partial charge is 0.378 e. The van der Waals surface area contributed by atoms with Crippen LogP contribution in [0.25, 0.3) is 0 Å². The van der Waals surface area contributed by atoms with Crippen molar-refractivity contribution < 1.29 is 4.74 Å². The molecule has 3 rings (SSSR count). The SMILES string of the molecule is CN(C)c1ccc(/C=N\Nc2nc(N(C)C)nc(N3CCOCC3)n2)cc1. The maximum atomic E-state index is 5.40. The highest BCUT2D eigenvalue weighted by atomic mass is 16.5. The van der Waals surface area contributed by atoms with E-state index in [0.29, 0.717) is 31.1 Å². The van der Waals surface area contributed by atoms with E-state index in [1.165, 1.54) is 0 Å². The number of hydrogen-bond donors (Lipinski definition) is 1. The summed E-state index contributed by atoms with van der Waals surface area (Å²) in [6.07, 6.45) is 1.74. The number of rotatable bonds is 6. The zero-order valence-corrected chi connectivity index (χ0v) is 16.3. The minimum absolute atomic E-state index is 0.413. The number of benzene rings is 1. The van der Waals surface area contributed by atoms with E-state index in [-0.39, 0.29) is 0 Å². The lowest BCUT2D eigenvalue weighted by molar-refractivity contribution is 0.122. The fourth-order valence-corrected chi connectivity index (χ4v) is 2.53. The Kier molecular flexibility index (Phi) is 6.02. The first-order chi connectivity index (χ1) is 13.0. The van der Waals surface area contributed by atoms with Gasteiger partial charge in [-0.2, -0.15) is 20.1 Å². The van der Waals surface area contributed by atoms with Gasteiger partial charge in [0.15, 0.2) is 0 Å². The molecule has 1 N–H and O–H groups in total. The van der Waals surface area contributed by atoms with Crippen molar-refractivity contribution >= 4 is 29.7 Å². The van der Waals surface area contributed by atoms with Gasteiger partial charge in [-0.05, 0) is 17.7 Å². The van der Waals surface area contributed by atoms with Crippen LogP contribution in [0.4, 0.5) is 23.5 Å². The summed E-state index contributed by atoms with van der Waals surface area (Å²) >= 11 is 0. The fourth-order valence-electron chi connectivity index (χ4n) is 2.53. The number of nitrogens with one attached hydrogen (secondary N) is 1. The third-order valence-corrected chi connectivity index (χ3v) is 4.09. The van der Waals surface area contributed by atoms with E-state index in [2.05, 4.69) is 35.3 Å². The summed E-state index contributed by atoms with van der Waals surface area (Å²) in [7, 11) is 7.83. The van der Waals surface area contributed by atoms with Gasteiger partial charge in [-0.15, -0.1) is 0 Å². The summed E-state index contributed by atoms with van der Waals surface area (Å²) in [6.45, 7) is 2.87. The lowest BCUT2D eigenvalue weighted by Gasteiger charge is -2.27. The molecule has 0 aliphatic carbocycles. The molecule has 2 heterocycles. The van der Waals surface area contributed by atoms with E-state index >= 15 is 0 Å². The zero-order chi connectivity index (χ0) is 19.2. The van der Waals surface area contributed by atoms with Crippen molar-refractivity contribution in [3.63, 3.8) is 0 Å². The van der Waals surface area contributed by atoms with Crippen LogP contribution < -0.4 is 20.1 Å². The van der Waals surface area contributed by atoms with Crippen molar-refractivity contribution in [2.24, 2.45) is 5.10 Å². The lowest BCUT2D eigenvalue weighted by Crippen LogP contribution is -2.37. The highest BCUT2D eigenvalue weighted by molar-refractivity contribution is 5.80. The van der Waals surface area contributed by atoms with Crippen LogP contribution in [0.2, 0.25) is 0 Å². The van der Waals surface area contributed by atoms with Gasteiger partial charge >= 0.3 is 0 Å². The third-order valence-electron chi connectivity index (χ3n) is 4.09. The molecular weight excluding hydrogens is 344 g/mol. The predicted molar refractivity (Wildman–Crippen MR) is 109 cm³/mol. The number of nitrogens with zero attached hydrogens (tertiary/aromatic N) is 7. The van der Waals surface area contributed by atoms with Gasteiger partial charge in [0, 0.05) is 47.0 Å². The van der Waals surface area contributed by atoms with E-state index in [0.717, 1.165) is 24.3 Å². The topological polar surface area (TPSA) is 82.0 Å². The number of aromatic nitrogens is 3. The average Bonchev–Trinajstić information content (AvgIpc) is 2.69. The van der Waals surface area contributed by atoms with Crippen LogP contribution in [0.3, 0.4) is 0 Å². The van der Waals surface area contributed by atoms with E-state index in [4.69, 9.17) is 4.74 Å². The molecule has 1 fully saturated rings. The van der Waals surface area contributed by atoms with Crippen LogP contribution >= 0.6 is 0 Å².